The summed E-state index contributed by atoms with van der Waals surface area (Å²) in [5.41, 5.74) is 5.31. The topological polar surface area (TPSA) is 131 Å². The molecule has 242 valence electrons. The Hall–Kier alpha value is -1.38. The standard InChI is InChI=1S/C25H38F4N2O9S2/c1-18-22(41-15-30-18)3-5-34-9-20(32)11-36-7-8-37-17-39-14-25(28,29)40-24(26,27)13-38-12-21(33)10-35-6-4-23-19(2)31-16-42-23/h15-16,20-21,32-33H,3-14,17H2,1-2H3. The molecule has 0 aliphatic carbocycles. The molecular weight excluding hydrogens is 612 g/mol. The molecule has 2 unspecified atom stereocenters. The highest BCUT2D eigenvalue weighted by Gasteiger charge is 2.44. The molecule has 2 N–H and O–H groups in total. The van der Waals surface area contributed by atoms with Gasteiger partial charge in [-0.15, -0.1) is 22.7 Å². The van der Waals surface area contributed by atoms with E-state index < -0.39 is 51.0 Å². The predicted molar refractivity (Wildman–Crippen MR) is 144 cm³/mol. The van der Waals surface area contributed by atoms with Crippen molar-refractivity contribution >= 4 is 22.7 Å². The van der Waals surface area contributed by atoms with E-state index in [0.29, 0.717) is 19.4 Å². The van der Waals surface area contributed by atoms with Gasteiger partial charge in [-0.1, -0.05) is 0 Å². The molecule has 11 nitrogen and oxygen atoms in total. The van der Waals surface area contributed by atoms with E-state index in [1.165, 1.54) is 11.3 Å². The summed E-state index contributed by atoms with van der Waals surface area (Å²) in [5, 5.41) is 19.6. The fourth-order valence-electron chi connectivity index (χ4n) is 3.20. The number of thiazole rings is 2. The van der Waals surface area contributed by atoms with E-state index in [0.717, 1.165) is 21.1 Å². The summed E-state index contributed by atoms with van der Waals surface area (Å²) < 4.78 is 88.5. The molecule has 0 aliphatic heterocycles. The lowest BCUT2D eigenvalue weighted by Crippen LogP contribution is -2.40. The van der Waals surface area contributed by atoms with Crippen LogP contribution in [0.3, 0.4) is 0 Å². The van der Waals surface area contributed by atoms with Crippen LogP contribution in [0.15, 0.2) is 11.0 Å². The van der Waals surface area contributed by atoms with E-state index in [4.69, 9.17) is 18.9 Å². The third kappa shape index (κ3) is 16.5. The summed E-state index contributed by atoms with van der Waals surface area (Å²) in [5.74, 6) is 0. The first-order valence-corrected chi connectivity index (χ1v) is 14.8. The second-order valence-corrected chi connectivity index (χ2v) is 10.9. The molecule has 0 fully saturated rings. The van der Waals surface area contributed by atoms with Crippen LogP contribution < -0.4 is 0 Å². The minimum Gasteiger partial charge on any atom is -0.388 e. The van der Waals surface area contributed by atoms with Gasteiger partial charge in [-0.2, -0.15) is 17.6 Å². The van der Waals surface area contributed by atoms with Gasteiger partial charge >= 0.3 is 12.2 Å². The number of ether oxygens (including phenoxy) is 7. The Morgan fingerprint density at radius 1 is 0.667 bits per heavy atom. The van der Waals surface area contributed by atoms with Crippen molar-refractivity contribution in [2.24, 2.45) is 0 Å². The number of aliphatic hydroxyl groups is 2. The molecule has 0 saturated carbocycles. The molecule has 0 aromatic carbocycles. The van der Waals surface area contributed by atoms with Crippen LogP contribution in [0.25, 0.3) is 0 Å². The summed E-state index contributed by atoms with van der Waals surface area (Å²) >= 11 is 3.01. The van der Waals surface area contributed by atoms with Crippen LogP contribution in [-0.2, 0) is 46.0 Å². The summed E-state index contributed by atoms with van der Waals surface area (Å²) in [4.78, 5) is 10.4. The molecule has 17 heteroatoms. The van der Waals surface area contributed by atoms with Gasteiger partial charge in [0.2, 0.25) is 0 Å². The molecule has 2 rings (SSSR count). The molecule has 0 amide bonds. The van der Waals surface area contributed by atoms with Crippen molar-refractivity contribution in [3.63, 3.8) is 0 Å². The monoisotopic (exact) mass is 650 g/mol. The Balaban J connectivity index is 1.43. The maximum Gasteiger partial charge on any atom is 0.383 e. The molecule has 2 atom stereocenters. The number of aliphatic hydroxyl groups excluding tert-OH is 2. The molecular formula is C25H38F4N2O9S2. The van der Waals surface area contributed by atoms with E-state index in [1.54, 1.807) is 22.4 Å². The molecule has 0 aliphatic rings. The van der Waals surface area contributed by atoms with Gasteiger partial charge in [0.1, 0.15) is 32.2 Å². The van der Waals surface area contributed by atoms with Crippen LogP contribution in [-0.4, -0.2) is 117 Å². The second kappa shape index (κ2) is 19.8. The van der Waals surface area contributed by atoms with Crippen LogP contribution in [0, 0.1) is 13.8 Å². The molecule has 2 aromatic rings. The molecule has 2 heterocycles. The first-order chi connectivity index (χ1) is 20.0. The molecule has 0 spiro atoms. The summed E-state index contributed by atoms with van der Waals surface area (Å²) in [6, 6.07) is 0. The number of hydrogen-bond acceptors (Lipinski definition) is 13. The lowest BCUT2D eigenvalue weighted by Gasteiger charge is -2.24. The fourth-order valence-corrected chi connectivity index (χ4v) is 4.73. The van der Waals surface area contributed by atoms with Gasteiger partial charge in [-0.05, 0) is 13.8 Å². The third-order valence-corrected chi connectivity index (χ3v) is 7.24. The number of hydrogen-bond donors (Lipinski definition) is 2. The fraction of sp³-hybridized carbons (Fsp3) is 0.760. The van der Waals surface area contributed by atoms with Crippen LogP contribution in [0.5, 0.6) is 0 Å². The second-order valence-electron chi connectivity index (χ2n) is 9.02. The van der Waals surface area contributed by atoms with Gasteiger partial charge in [0, 0.05) is 22.6 Å². The number of aryl methyl sites for hydroxylation is 2. The van der Waals surface area contributed by atoms with Crippen molar-refractivity contribution in [3.8, 4) is 0 Å². The van der Waals surface area contributed by atoms with Gasteiger partial charge in [0.25, 0.3) is 0 Å². The van der Waals surface area contributed by atoms with E-state index in [9.17, 15) is 27.8 Å². The zero-order valence-corrected chi connectivity index (χ0v) is 25.1. The zero-order chi connectivity index (χ0) is 30.8. The Morgan fingerprint density at radius 3 is 1.57 bits per heavy atom. The van der Waals surface area contributed by atoms with Crippen LogP contribution >= 0.6 is 22.7 Å². The highest BCUT2D eigenvalue weighted by atomic mass is 32.1. The Labute approximate surface area is 249 Å². The zero-order valence-electron chi connectivity index (χ0n) is 23.5. The molecule has 0 saturated heterocycles. The summed E-state index contributed by atoms with van der Waals surface area (Å²) in [6.07, 6.45) is -9.47. The Morgan fingerprint density at radius 2 is 1.10 bits per heavy atom. The predicted octanol–water partition coefficient (Wildman–Crippen LogP) is 2.98. The number of aromatic nitrogens is 2. The van der Waals surface area contributed by atoms with Gasteiger partial charge in [0.15, 0.2) is 0 Å². The lowest BCUT2D eigenvalue weighted by molar-refractivity contribution is -0.396. The van der Waals surface area contributed by atoms with Gasteiger partial charge in [-0.25, -0.2) is 9.97 Å². The van der Waals surface area contributed by atoms with Crippen molar-refractivity contribution in [1.82, 2.24) is 9.97 Å². The quantitative estimate of drug-likeness (QED) is 0.0935. The normalized spacial score (nSPS) is 14.0. The van der Waals surface area contributed by atoms with Crippen molar-refractivity contribution in [2.75, 3.05) is 72.9 Å². The number of rotatable bonds is 25. The molecule has 0 bridgehead atoms. The van der Waals surface area contributed by atoms with E-state index in [1.807, 2.05) is 13.8 Å². The van der Waals surface area contributed by atoms with E-state index in [2.05, 4.69) is 24.2 Å². The largest absolute Gasteiger partial charge is 0.388 e. The minimum absolute atomic E-state index is 0.0237. The molecule has 42 heavy (non-hydrogen) atoms. The third-order valence-electron chi connectivity index (χ3n) is 5.26. The van der Waals surface area contributed by atoms with E-state index >= 15 is 0 Å². The molecule has 0 radical (unpaired) electrons. The van der Waals surface area contributed by atoms with Crippen LogP contribution in [0.4, 0.5) is 17.6 Å². The van der Waals surface area contributed by atoms with Crippen LogP contribution in [0.2, 0.25) is 0 Å². The molecule has 2 aromatic heterocycles. The van der Waals surface area contributed by atoms with Gasteiger partial charge < -0.3 is 38.6 Å². The number of alkyl halides is 4. The van der Waals surface area contributed by atoms with E-state index in [-0.39, 0.29) is 39.6 Å². The van der Waals surface area contributed by atoms with Gasteiger partial charge in [-0.3, -0.25) is 4.74 Å². The Kier molecular flexibility index (Phi) is 17.4. The average molecular weight is 651 g/mol. The average Bonchev–Trinajstić information content (AvgIpc) is 3.52. The highest BCUT2D eigenvalue weighted by Crippen LogP contribution is 2.27. The SMILES string of the molecule is Cc1ncsc1CCOCC(O)COCCOCOCC(F)(F)OC(F)(F)COCC(O)COCCc1scnc1C. The smallest absolute Gasteiger partial charge is 0.383 e. The maximum absolute atomic E-state index is 13.7. The maximum atomic E-state index is 13.7. The minimum atomic E-state index is -4.34. The van der Waals surface area contributed by atoms with Crippen molar-refractivity contribution < 1.29 is 60.9 Å². The number of nitrogens with zero attached hydrogens (tertiary/aromatic N) is 2. The van der Waals surface area contributed by atoms with Crippen molar-refractivity contribution in [3.05, 3.63) is 32.2 Å². The van der Waals surface area contributed by atoms with Crippen molar-refractivity contribution in [2.45, 2.75) is 51.1 Å². The first kappa shape index (κ1) is 36.8. The highest BCUT2D eigenvalue weighted by molar-refractivity contribution is 7.10. The van der Waals surface area contributed by atoms with Gasteiger partial charge in [0.05, 0.1) is 75.3 Å². The van der Waals surface area contributed by atoms with Crippen LogP contribution in [0.1, 0.15) is 21.1 Å². The Bertz CT molecular complexity index is 987. The summed E-state index contributed by atoms with van der Waals surface area (Å²) in [7, 11) is 0. The van der Waals surface area contributed by atoms with Crippen molar-refractivity contribution in [1.29, 1.82) is 0 Å². The number of halogens is 4. The summed E-state index contributed by atoms with van der Waals surface area (Å²) in [6.45, 7) is 0.176. The lowest BCUT2D eigenvalue weighted by atomic mass is 10.3. The first-order valence-electron chi connectivity index (χ1n) is 13.0.